The van der Waals surface area contributed by atoms with Crippen LogP contribution >= 0.6 is 0 Å². The zero-order valence-corrected chi connectivity index (χ0v) is 7.31. The van der Waals surface area contributed by atoms with E-state index in [9.17, 15) is 0 Å². The fourth-order valence-electron chi connectivity index (χ4n) is 0.924. The number of nitrogen functional groups attached to an aromatic ring is 1. The van der Waals surface area contributed by atoms with E-state index >= 15 is 0 Å². The van der Waals surface area contributed by atoms with Gasteiger partial charge in [0.05, 0.1) is 0 Å². The van der Waals surface area contributed by atoms with Crippen LogP contribution in [0.4, 0.5) is 5.69 Å². The van der Waals surface area contributed by atoms with Gasteiger partial charge in [-0.2, -0.15) is 0 Å². The minimum absolute atomic E-state index is 0.148. The third-order valence-electron chi connectivity index (χ3n) is 1.63. The van der Waals surface area contributed by atoms with E-state index in [1.807, 2.05) is 12.1 Å². The Morgan fingerprint density at radius 3 is 2.27 bits per heavy atom. The molecule has 0 fully saturated rings. The SMILES string of the molecule is CC(C)(C)c1[c]c(N)ccc1. The van der Waals surface area contributed by atoms with Gasteiger partial charge in [0.1, 0.15) is 0 Å². The van der Waals surface area contributed by atoms with Crippen LogP contribution in [-0.4, -0.2) is 0 Å². The van der Waals surface area contributed by atoms with Crippen LogP contribution in [-0.2, 0) is 5.41 Å². The summed E-state index contributed by atoms with van der Waals surface area (Å²) in [6.07, 6.45) is 0. The standard InChI is InChI=1S/C10H14N/c1-10(2,3)8-5-4-6-9(11)7-8/h4-6H,11H2,1-3H3. The Balaban J connectivity index is 3.06. The molecule has 0 saturated carbocycles. The summed E-state index contributed by atoms with van der Waals surface area (Å²) in [5.74, 6) is 0. The van der Waals surface area contributed by atoms with Crippen molar-refractivity contribution in [3.8, 4) is 0 Å². The molecule has 0 bridgehead atoms. The molecule has 0 amide bonds. The normalized spacial score (nSPS) is 11.5. The first-order chi connectivity index (χ1) is 5.00. The Hall–Kier alpha value is -0.980. The zero-order chi connectivity index (χ0) is 8.48. The zero-order valence-electron chi connectivity index (χ0n) is 7.31. The molecule has 0 saturated heterocycles. The lowest BCUT2D eigenvalue weighted by Gasteiger charge is -2.18. The minimum atomic E-state index is 0.148. The summed E-state index contributed by atoms with van der Waals surface area (Å²) < 4.78 is 0. The number of rotatable bonds is 0. The van der Waals surface area contributed by atoms with Gasteiger partial charge in [0.2, 0.25) is 0 Å². The molecule has 1 aromatic carbocycles. The minimum Gasteiger partial charge on any atom is -0.398 e. The van der Waals surface area contributed by atoms with Crippen molar-refractivity contribution >= 4 is 5.69 Å². The maximum absolute atomic E-state index is 5.60. The highest BCUT2D eigenvalue weighted by atomic mass is 14.5. The van der Waals surface area contributed by atoms with Crippen LogP contribution < -0.4 is 5.73 Å². The van der Waals surface area contributed by atoms with Crippen molar-refractivity contribution in [1.82, 2.24) is 0 Å². The van der Waals surface area contributed by atoms with Gasteiger partial charge < -0.3 is 5.73 Å². The topological polar surface area (TPSA) is 26.0 Å². The second kappa shape index (κ2) is 2.57. The molecule has 0 aliphatic rings. The lowest BCUT2D eigenvalue weighted by atomic mass is 9.87. The molecule has 0 atom stereocenters. The van der Waals surface area contributed by atoms with Crippen molar-refractivity contribution in [2.24, 2.45) is 0 Å². The molecule has 0 heterocycles. The van der Waals surface area contributed by atoms with E-state index in [0.717, 1.165) is 11.3 Å². The molecule has 1 rings (SSSR count). The van der Waals surface area contributed by atoms with Crippen LogP contribution in [0.1, 0.15) is 26.3 Å². The maximum Gasteiger partial charge on any atom is 0.0397 e. The Bertz CT molecular complexity index is 245. The van der Waals surface area contributed by atoms with Crippen LogP contribution in [0, 0.1) is 6.07 Å². The summed E-state index contributed by atoms with van der Waals surface area (Å²) in [5, 5.41) is 0. The van der Waals surface area contributed by atoms with Gasteiger partial charge in [-0.25, -0.2) is 0 Å². The van der Waals surface area contributed by atoms with Gasteiger partial charge in [0, 0.05) is 11.8 Å². The van der Waals surface area contributed by atoms with E-state index in [-0.39, 0.29) is 5.41 Å². The van der Waals surface area contributed by atoms with Crippen LogP contribution in [0.25, 0.3) is 0 Å². The monoisotopic (exact) mass is 148 g/mol. The van der Waals surface area contributed by atoms with Crippen LogP contribution in [0.3, 0.4) is 0 Å². The molecule has 0 aliphatic heterocycles. The Morgan fingerprint density at radius 1 is 1.27 bits per heavy atom. The summed E-state index contributed by atoms with van der Waals surface area (Å²) >= 11 is 0. The van der Waals surface area contributed by atoms with Gasteiger partial charge >= 0.3 is 0 Å². The first kappa shape index (κ1) is 8.12. The summed E-state index contributed by atoms with van der Waals surface area (Å²) in [6.45, 7) is 6.45. The average molecular weight is 148 g/mol. The number of benzene rings is 1. The molecular weight excluding hydrogens is 134 g/mol. The molecule has 11 heavy (non-hydrogen) atoms. The van der Waals surface area contributed by atoms with Crippen LogP contribution in [0.15, 0.2) is 18.2 Å². The number of nitrogens with two attached hydrogens (primary N) is 1. The molecule has 0 aliphatic carbocycles. The van der Waals surface area contributed by atoms with E-state index in [4.69, 9.17) is 5.73 Å². The highest BCUT2D eigenvalue weighted by molar-refractivity contribution is 5.41. The molecule has 1 radical (unpaired) electrons. The third kappa shape index (κ3) is 1.97. The van der Waals surface area contributed by atoms with Gasteiger partial charge in [-0.1, -0.05) is 32.9 Å². The predicted molar refractivity (Wildman–Crippen MR) is 48.4 cm³/mol. The largest absolute Gasteiger partial charge is 0.398 e. The maximum atomic E-state index is 5.60. The molecule has 0 unspecified atom stereocenters. The fraction of sp³-hybridized carbons (Fsp3) is 0.400. The number of anilines is 1. The van der Waals surface area contributed by atoms with Gasteiger partial charge in [-0.05, 0) is 17.0 Å². The quantitative estimate of drug-likeness (QED) is 0.561. The molecule has 1 aromatic rings. The number of hydrogen-bond acceptors (Lipinski definition) is 1. The van der Waals surface area contributed by atoms with Crippen molar-refractivity contribution in [2.45, 2.75) is 26.2 Å². The molecule has 1 nitrogen and oxygen atoms in total. The van der Waals surface area contributed by atoms with Crippen LogP contribution in [0.2, 0.25) is 0 Å². The predicted octanol–water partition coefficient (Wildman–Crippen LogP) is 2.37. The van der Waals surface area contributed by atoms with Gasteiger partial charge in [0.25, 0.3) is 0 Å². The first-order valence-corrected chi connectivity index (χ1v) is 3.78. The second-order valence-corrected chi connectivity index (χ2v) is 3.77. The van der Waals surface area contributed by atoms with E-state index < -0.39 is 0 Å². The molecule has 2 N–H and O–H groups in total. The van der Waals surface area contributed by atoms with Crippen molar-refractivity contribution in [3.05, 3.63) is 29.8 Å². The number of hydrogen-bond donors (Lipinski definition) is 1. The third-order valence-corrected chi connectivity index (χ3v) is 1.63. The lowest BCUT2D eigenvalue weighted by molar-refractivity contribution is 0.589. The van der Waals surface area contributed by atoms with E-state index in [0.29, 0.717) is 0 Å². The van der Waals surface area contributed by atoms with Crippen molar-refractivity contribution in [1.29, 1.82) is 0 Å². The molecule has 59 valence electrons. The van der Waals surface area contributed by atoms with E-state index in [2.05, 4.69) is 32.9 Å². The Kier molecular flexibility index (Phi) is 1.90. The molecular formula is C10H14N. The van der Waals surface area contributed by atoms with Crippen molar-refractivity contribution in [2.75, 3.05) is 5.73 Å². The summed E-state index contributed by atoms with van der Waals surface area (Å²) in [5.41, 5.74) is 7.63. The fourth-order valence-corrected chi connectivity index (χ4v) is 0.924. The van der Waals surface area contributed by atoms with E-state index in [1.54, 1.807) is 0 Å². The van der Waals surface area contributed by atoms with Gasteiger partial charge in [0.15, 0.2) is 0 Å². The van der Waals surface area contributed by atoms with Gasteiger partial charge in [-0.3, -0.25) is 0 Å². The summed E-state index contributed by atoms with van der Waals surface area (Å²) in [4.78, 5) is 0. The lowest BCUT2D eigenvalue weighted by Crippen LogP contribution is -2.11. The molecule has 0 aromatic heterocycles. The highest BCUT2D eigenvalue weighted by Crippen LogP contribution is 2.22. The first-order valence-electron chi connectivity index (χ1n) is 3.78. The van der Waals surface area contributed by atoms with E-state index in [1.165, 1.54) is 0 Å². The Morgan fingerprint density at radius 2 is 1.91 bits per heavy atom. The van der Waals surface area contributed by atoms with Gasteiger partial charge in [-0.15, -0.1) is 0 Å². The van der Waals surface area contributed by atoms with Crippen molar-refractivity contribution < 1.29 is 0 Å². The molecule has 0 spiro atoms. The average Bonchev–Trinajstić information content (AvgIpc) is 1.86. The van der Waals surface area contributed by atoms with Crippen LogP contribution in [0.5, 0.6) is 0 Å². The smallest absolute Gasteiger partial charge is 0.0397 e. The Labute approximate surface area is 68.2 Å². The molecule has 1 heteroatoms. The van der Waals surface area contributed by atoms with Crippen molar-refractivity contribution in [3.63, 3.8) is 0 Å². The highest BCUT2D eigenvalue weighted by Gasteiger charge is 2.12. The summed E-state index contributed by atoms with van der Waals surface area (Å²) in [6, 6.07) is 9.00. The summed E-state index contributed by atoms with van der Waals surface area (Å²) in [7, 11) is 0. The second-order valence-electron chi connectivity index (χ2n) is 3.77.